The van der Waals surface area contributed by atoms with Gasteiger partial charge in [-0.3, -0.25) is 4.79 Å². The highest BCUT2D eigenvalue weighted by Gasteiger charge is 2.08. The molecule has 0 unspecified atom stereocenters. The van der Waals surface area contributed by atoms with Crippen molar-refractivity contribution in [3.05, 3.63) is 59.2 Å². The summed E-state index contributed by atoms with van der Waals surface area (Å²) in [5, 5.41) is 22.9. The third-order valence-corrected chi connectivity index (χ3v) is 4.08. The van der Waals surface area contributed by atoms with E-state index in [0.29, 0.717) is 5.69 Å². The van der Waals surface area contributed by atoms with E-state index >= 15 is 0 Å². The van der Waals surface area contributed by atoms with Gasteiger partial charge in [0.25, 0.3) is 0 Å². The van der Waals surface area contributed by atoms with Gasteiger partial charge in [-0.2, -0.15) is 0 Å². The van der Waals surface area contributed by atoms with Crippen LogP contribution in [0.25, 0.3) is 0 Å². The summed E-state index contributed by atoms with van der Waals surface area (Å²) in [7, 11) is 0. The van der Waals surface area contributed by atoms with E-state index in [4.69, 9.17) is 5.11 Å². The van der Waals surface area contributed by atoms with Gasteiger partial charge in [0.1, 0.15) is 0 Å². The van der Waals surface area contributed by atoms with Gasteiger partial charge in [0.05, 0.1) is 11.3 Å². The molecule has 2 rings (SSSR count). The van der Waals surface area contributed by atoms with Gasteiger partial charge in [-0.25, -0.2) is 4.79 Å². The molecule has 120 valence electrons. The number of anilines is 1. The molecule has 0 heterocycles. The molecular weight excluding hydrogens is 314 g/mol. The molecule has 2 N–H and O–H groups in total. The summed E-state index contributed by atoms with van der Waals surface area (Å²) in [6.07, 6.45) is 0. The van der Waals surface area contributed by atoms with Crippen LogP contribution in [0.4, 0.5) is 5.69 Å². The molecule has 0 fully saturated rings. The fraction of sp³-hybridized carbons (Fsp3) is 0.176. The normalized spacial score (nSPS) is 10.3. The van der Waals surface area contributed by atoms with Crippen LogP contribution >= 0.6 is 11.8 Å². The Bertz CT molecular complexity index is 730. The zero-order chi connectivity index (χ0) is 16.8. The van der Waals surface area contributed by atoms with Gasteiger partial charge in [0.2, 0.25) is 5.91 Å². The van der Waals surface area contributed by atoms with Crippen LogP contribution in [0.15, 0.2) is 42.5 Å². The zero-order valence-electron chi connectivity index (χ0n) is 12.5. The Morgan fingerprint density at radius 1 is 1.22 bits per heavy atom. The molecule has 0 aliphatic carbocycles. The Labute approximate surface area is 138 Å². The van der Waals surface area contributed by atoms with Crippen molar-refractivity contribution in [3.8, 4) is 5.75 Å². The Hall–Kier alpha value is -2.47. The maximum atomic E-state index is 11.9. The largest absolute Gasteiger partial charge is 0.872 e. The Morgan fingerprint density at radius 3 is 2.70 bits per heavy atom. The standard InChI is InChI=1S/C17H17NO4S/c1-11-3-2-4-12(7-11)9-23-10-16(20)18-13-5-6-15(19)14(8-13)17(21)22/h2-8,19H,9-10H2,1H3,(H,18,20)(H,21,22)/p-1. The van der Waals surface area contributed by atoms with Crippen LogP contribution in [0.3, 0.4) is 0 Å². The first-order valence-electron chi connectivity index (χ1n) is 6.93. The highest BCUT2D eigenvalue weighted by atomic mass is 32.2. The SMILES string of the molecule is Cc1cccc(CSCC(=O)Nc2ccc([O-])c(C(=O)O)c2)c1. The highest BCUT2D eigenvalue weighted by molar-refractivity contribution is 7.99. The molecule has 5 nitrogen and oxygen atoms in total. The van der Waals surface area contributed by atoms with Crippen LogP contribution in [0.2, 0.25) is 0 Å². The number of aromatic carboxylic acids is 1. The van der Waals surface area contributed by atoms with E-state index in [1.165, 1.54) is 29.5 Å². The van der Waals surface area contributed by atoms with Crippen molar-refractivity contribution in [1.29, 1.82) is 0 Å². The van der Waals surface area contributed by atoms with Crippen molar-refractivity contribution in [2.24, 2.45) is 0 Å². The minimum Gasteiger partial charge on any atom is -0.872 e. The van der Waals surface area contributed by atoms with Gasteiger partial charge < -0.3 is 15.5 Å². The number of nitrogens with one attached hydrogen (secondary N) is 1. The molecule has 0 aliphatic heterocycles. The summed E-state index contributed by atoms with van der Waals surface area (Å²) in [5.41, 5.74) is 2.27. The monoisotopic (exact) mass is 330 g/mol. The van der Waals surface area contributed by atoms with Crippen molar-refractivity contribution in [1.82, 2.24) is 0 Å². The summed E-state index contributed by atoms with van der Waals surface area (Å²) >= 11 is 1.47. The van der Waals surface area contributed by atoms with E-state index in [1.807, 2.05) is 25.1 Å². The number of aryl methyl sites for hydroxylation is 1. The Kier molecular flexibility index (Phi) is 5.65. The van der Waals surface area contributed by atoms with Gasteiger partial charge in [-0.1, -0.05) is 41.6 Å². The fourth-order valence-corrected chi connectivity index (χ4v) is 2.81. The summed E-state index contributed by atoms with van der Waals surface area (Å²) in [6.45, 7) is 2.01. The average molecular weight is 330 g/mol. The number of thioether (sulfide) groups is 1. The number of benzene rings is 2. The molecule has 0 saturated heterocycles. The van der Waals surface area contributed by atoms with E-state index in [2.05, 4.69) is 11.4 Å². The van der Waals surface area contributed by atoms with Crippen LogP contribution < -0.4 is 10.4 Å². The number of hydrogen-bond acceptors (Lipinski definition) is 4. The molecule has 0 radical (unpaired) electrons. The molecule has 0 saturated carbocycles. The second-order valence-corrected chi connectivity index (χ2v) is 6.03. The first kappa shape index (κ1) is 16.9. The van der Waals surface area contributed by atoms with Gasteiger partial charge in [-0.15, -0.1) is 11.8 Å². The van der Waals surface area contributed by atoms with Gasteiger partial charge in [-0.05, 0) is 24.6 Å². The summed E-state index contributed by atoms with van der Waals surface area (Å²) in [6, 6.07) is 11.8. The first-order chi connectivity index (χ1) is 11.0. The van der Waals surface area contributed by atoms with Gasteiger partial charge in [0, 0.05) is 11.4 Å². The maximum absolute atomic E-state index is 11.9. The van der Waals surface area contributed by atoms with Crippen LogP contribution in [-0.2, 0) is 10.5 Å². The second-order valence-electron chi connectivity index (χ2n) is 5.05. The van der Waals surface area contributed by atoms with Crippen molar-refractivity contribution >= 4 is 29.3 Å². The van der Waals surface area contributed by atoms with Crippen molar-refractivity contribution in [3.63, 3.8) is 0 Å². The number of carboxylic acids is 1. The first-order valence-corrected chi connectivity index (χ1v) is 8.08. The summed E-state index contributed by atoms with van der Waals surface area (Å²) in [5.74, 6) is -1.16. The summed E-state index contributed by atoms with van der Waals surface area (Å²) in [4.78, 5) is 22.8. The number of amides is 1. The minimum absolute atomic E-state index is 0.238. The van der Waals surface area contributed by atoms with Crippen LogP contribution in [0.5, 0.6) is 5.75 Å². The third-order valence-electron chi connectivity index (χ3n) is 3.08. The molecule has 23 heavy (non-hydrogen) atoms. The Balaban J connectivity index is 1.87. The van der Waals surface area contributed by atoms with E-state index in [1.54, 1.807) is 0 Å². The molecule has 0 aromatic heterocycles. The Morgan fingerprint density at radius 2 is 2.00 bits per heavy atom. The number of hydrogen-bond donors (Lipinski definition) is 2. The molecule has 2 aromatic carbocycles. The number of carbonyl (C=O) groups excluding carboxylic acids is 1. The van der Waals surface area contributed by atoms with E-state index in [-0.39, 0.29) is 17.2 Å². The molecule has 0 aliphatic rings. The molecule has 6 heteroatoms. The van der Waals surface area contributed by atoms with Gasteiger partial charge in [0.15, 0.2) is 0 Å². The topological polar surface area (TPSA) is 89.5 Å². The molecule has 0 bridgehead atoms. The fourth-order valence-electron chi connectivity index (χ4n) is 2.04. The lowest BCUT2D eigenvalue weighted by Gasteiger charge is -2.12. The number of rotatable bonds is 6. The highest BCUT2D eigenvalue weighted by Crippen LogP contribution is 2.20. The predicted octanol–water partition coefficient (Wildman–Crippen LogP) is 2.64. The predicted molar refractivity (Wildman–Crippen MR) is 88.8 cm³/mol. The number of carbonyl (C=O) groups is 2. The molecule has 2 aromatic rings. The maximum Gasteiger partial charge on any atom is 0.335 e. The molecular formula is C17H16NO4S-. The average Bonchev–Trinajstić information content (AvgIpc) is 2.49. The van der Waals surface area contributed by atoms with Crippen LogP contribution in [0, 0.1) is 6.92 Å². The van der Waals surface area contributed by atoms with Crippen molar-refractivity contribution in [2.45, 2.75) is 12.7 Å². The second kappa shape index (κ2) is 7.69. The molecule has 0 atom stereocenters. The van der Waals surface area contributed by atoms with E-state index in [9.17, 15) is 14.7 Å². The lowest BCUT2D eigenvalue weighted by Crippen LogP contribution is -2.15. The summed E-state index contributed by atoms with van der Waals surface area (Å²) < 4.78 is 0. The van der Waals surface area contributed by atoms with Crippen LogP contribution in [-0.4, -0.2) is 22.7 Å². The van der Waals surface area contributed by atoms with Crippen molar-refractivity contribution in [2.75, 3.05) is 11.1 Å². The minimum atomic E-state index is -1.31. The van der Waals surface area contributed by atoms with Gasteiger partial charge >= 0.3 is 5.97 Å². The van der Waals surface area contributed by atoms with Crippen molar-refractivity contribution < 1.29 is 19.8 Å². The third kappa shape index (κ3) is 5.03. The quantitative estimate of drug-likeness (QED) is 0.850. The van der Waals surface area contributed by atoms with E-state index < -0.39 is 11.7 Å². The lowest BCUT2D eigenvalue weighted by molar-refractivity contribution is -0.268. The molecule has 0 spiro atoms. The smallest absolute Gasteiger partial charge is 0.335 e. The molecule has 1 amide bonds. The van der Waals surface area contributed by atoms with E-state index in [0.717, 1.165) is 17.4 Å². The number of carboxylic acid groups (broad SMARTS) is 1. The van der Waals surface area contributed by atoms with Crippen LogP contribution in [0.1, 0.15) is 21.5 Å². The lowest BCUT2D eigenvalue weighted by atomic mass is 10.2. The zero-order valence-corrected chi connectivity index (χ0v) is 13.4.